The van der Waals surface area contributed by atoms with E-state index in [0.717, 1.165) is 16.8 Å². The van der Waals surface area contributed by atoms with E-state index >= 15 is 0 Å². The third-order valence-electron chi connectivity index (χ3n) is 4.89. The molecular formula is C24H19N3O3S. The molecule has 31 heavy (non-hydrogen) atoms. The maximum atomic E-state index is 13.3. The summed E-state index contributed by atoms with van der Waals surface area (Å²) >= 11 is 1.21. The van der Waals surface area contributed by atoms with Gasteiger partial charge in [0.05, 0.1) is 26.8 Å². The number of aliphatic imine (C=N–C) groups is 1. The molecule has 1 fully saturated rings. The molecule has 0 radical (unpaired) electrons. The first-order valence-electron chi connectivity index (χ1n) is 9.63. The molecule has 4 rings (SSSR count). The SMILES string of the molecule is Cc1cccc(C)c1N=C1SC(=Cc2ccccc2[N+](=O)[O-])C(=O)N1c1ccccc1. The molecule has 154 valence electrons. The summed E-state index contributed by atoms with van der Waals surface area (Å²) in [7, 11) is 0. The van der Waals surface area contributed by atoms with Gasteiger partial charge in [-0.2, -0.15) is 0 Å². The number of amides is 1. The molecular weight excluding hydrogens is 410 g/mol. The van der Waals surface area contributed by atoms with Crippen molar-refractivity contribution in [3.05, 3.63) is 105 Å². The van der Waals surface area contributed by atoms with Crippen molar-refractivity contribution < 1.29 is 9.72 Å². The van der Waals surface area contributed by atoms with E-state index in [4.69, 9.17) is 4.99 Å². The predicted octanol–water partition coefficient (Wildman–Crippen LogP) is 6.02. The average molecular weight is 430 g/mol. The van der Waals surface area contributed by atoms with Crippen molar-refractivity contribution in [3.8, 4) is 0 Å². The summed E-state index contributed by atoms with van der Waals surface area (Å²) < 4.78 is 0. The molecule has 0 aromatic heterocycles. The Balaban J connectivity index is 1.84. The van der Waals surface area contributed by atoms with Crippen LogP contribution in [0.1, 0.15) is 16.7 Å². The van der Waals surface area contributed by atoms with Gasteiger partial charge in [0.1, 0.15) is 0 Å². The summed E-state index contributed by atoms with van der Waals surface area (Å²) in [5, 5.41) is 11.9. The zero-order valence-electron chi connectivity index (χ0n) is 17.0. The lowest BCUT2D eigenvalue weighted by Crippen LogP contribution is -2.28. The number of nitro benzene ring substituents is 1. The number of nitro groups is 1. The van der Waals surface area contributed by atoms with E-state index in [1.165, 1.54) is 17.8 Å². The lowest BCUT2D eigenvalue weighted by molar-refractivity contribution is -0.385. The third kappa shape index (κ3) is 4.13. The van der Waals surface area contributed by atoms with E-state index < -0.39 is 4.92 Å². The van der Waals surface area contributed by atoms with E-state index in [9.17, 15) is 14.9 Å². The standard InChI is InChI=1S/C24H19N3O3S/c1-16-9-8-10-17(2)22(16)25-24-26(19-12-4-3-5-13-19)23(28)21(31-24)15-18-11-6-7-14-20(18)27(29)30/h3-15H,1-2H3. The first-order valence-corrected chi connectivity index (χ1v) is 10.4. The number of carbonyl (C=O) groups excluding carboxylic acids is 1. The van der Waals surface area contributed by atoms with Crippen LogP contribution in [-0.4, -0.2) is 16.0 Å². The number of benzene rings is 3. The second kappa shape index (κ2) is 8.57. The third-order valence-corrected chi connectivity index (χ3v) is 5.86. The van der Waals surface area contributed by atoms with E-state index in [2.05, 4.69) is 0 Å². The number of carbonyl (C=O) groups is 1. The number of nitrogens with zero attached hydrogens (tertiary/aromatic N) is 3. The summed E-state index contributed by atoms with van der Waals surface area (Å²) in [5.74, 6) is -0.265. The minimum absolute atomic E-state index is 0.0465. The van der Waals surface area contributed by atoms with Crippen LogP contribution in [-0.2, 0) is 4.79 Å². The molecule has 0 spiro atoms. The molecule has 0 N–H and O–H groups in total. The highest BCUT2D eigenvalue weighted by molar-refractivity contribution is 8.19. The number of rotatable bonds is 4. The fourth-order valence-electron chi connectivity index (χ4n) is 3.35. The van der Waals surface area contributed by atoms with Gasteiger partial charge in [-0.25, -0.2) is 4.99 Å². The fourth-order valence-corrected chi connectivity index (χ4v) is 4.33. The van der Waals surface area contributed by atoms with Crippen molar-refractivity contribution >= 4 is 46.0 Å². The first kappa shape index (κ1) is 20.6. The highest BCUT2D eigenvalue weighted by atomic mass is 32.2. The number of anilines is 1. The Kier molecular flexibility index (Phi) is 5.68. The number of hydrogen-bond donors (Lipinski definition) is 0. The van der Waals surface area contributed by atoms with Gasteiger partial charge in [-0.05, 0) is 61.0 Å². The lowest BCUT2D eigenvalue weighted by atomic mass is 10.1. The van der Waals surface area contributed by atoms with Gasteiger partial charge in [-0.3, -0.25) is 19.8 Å². The quantitative estimate of drug-likeness (QED) is 0.289. The highest BCUT2D eigenvalue weighted by Gasteiger charge is 2.35. The Hall–Kier alpha value is -3.71. The molecule has 3 aromatic carbocycles. The second-order valence-electron chi connectivity index (χ2n) is 7.04. The minimum atomic E-state index is -0.447. The smallest absolute Gasteiger partial charge is 0.268 e. The van der Waals surface area contributed by atoms with Crippen LogP contribution in [0.2, 0.25) is 0 Å². The Morgan fingerprint density at radius 1 is 0.935 bits per heavy atom. The molecule has 1 aliphatic rings. The summed E-state index contributed by atoms with van der Waals surface area (Å²) in [5.41, 5.74) is 3.84. The van der Waals surface area contributed by atoms with Gasteiger partial charge in [0.2, 0.25) is 0 Å². The van der Waals surface area contributed by atoms with Crippen LogP contribution >= 0.6 is 11.8 Å². The van der Waals surface area contributed by atoms with Gasteiger partial charge in [0.25, 0.3) is 11.6 Å². The number of hydrogen-bond acceptors (Lipinski definition) is 5. The van der Waals surface area contributed by atoms with Crippen molar-refractivity contribution in [2.45, 2.75) is 13.8 Å². The molecule has 0 aliphatic carbocycles. The number of aryl methyl sites for hydroxylation is 2. The highest BCUT2D eigenvalue weighted by Crippen LogP contribution is 2.39. The van der Waals surface area contributed by atoms with Crippen molar-refractivity contribution in [2.24, 2.45) is 4.99 Å². The molecule has 0 saturated carbocycles. The molecule has 0 bridgehead atoms. The van der Waals surface area contributed by atoms with Crippen molar-refractivity contribution in [1.82, 2.24) is 0 Å². The van der Waals surface area contributed by atoms with Crippen LogP contribution in [0.15, 0.2) is 82.7 Å². The fraction of sp³-hybridized carbons (Fsp3) is 0.0833. The van der Waals surface area contributed by atoms with Gasteiger partial charge >= 0.3 is 0 Å². The zero-order valence-corrected chi connectivity index (χ0v) is 17.8. The molecule has 3 aromatic rings. The van der Waals surface area contributed by atoms with Crippen LogP contribution in [0.25, 0.3) is 6.08 Å². The molecule has 1 heterocycles. The van der Waals surface area contributed by atoms with Crippen LogP contribution in [0.3, 0.4) is 0 Å². The van der Waals surface area contributed by atoms with Gasteiger partial charge in [-0.15, -0.1) is 0 Å². The normalized spacial score (nSPS) is 16.3. The molecule has 1 amide bonds. The lowest BCUT2D eigenvalue weighted by Gasteiger charge is -2.16. The van der Waals surface area contributed by atoms with E-state index in [0.29, 0.717) is 21.3 Å². The van der Waals surface area contributed by atoms with E-state index in [1.807, 2.05) is 62.4 Å². The monoisotopic (exact) mass is 429 g/mol. The summed E-state index contributed by atoms with van der Waals surface area (Å²) in [6, 6.07) is 21.6. The van der Waals surface area contributed by atoms with Crippen LogP contribution < -0.4 is 4.90 Å². The second-order valence-corrected chi connectivity index (χ2v) is 8.05. The van der Waals surface area contributed by atoms with Crippen LogP contribution in [0.4, 0.5) is 17.1 Å². The molecule has 0 unspecified atom stereocenters. The summed E-state index contributed by atoms with van der Waals surface area (Å²) in [4.78, 5) is 31.0. The molecule has 6 nitrogen and oxygen atoms in total. The molecule has 1 saturated heterocycles. The minimum Gasteiger partial charge on any atom is -0.268 e. The van der Waals surface area contributed by atoms with Gasteiger partial charge in [-0.1, -0.05) is 48.5 Å². The Morgan fingerprint density at radius 2 is 1.58 bits per heavy atom. The van der Waals surface area contributed by atoms with Gasteiger partial charge in [0, 0.05) is 6.07 Å². The summed E-state index contributed by atoms with van der Waals surface area (Å²) in [6.07, 6.45) is 1.56. The Labute approximate surface area is 184 Å². The van der Waals surface area contributed by atoms with Crippen molar-refractivity contribution in [1.29, 1.82) is 0 Å². The zero-order chi connectivity index (χ0) is 22.0. The molecule has 7 heteroatoms. The molecule has 1 aliphatic heterocycles. The van der Waals surface area contributed by atoms with Gasteiger partial charge in [0.15, 0.2) is 5.17 Å². The Bertz CT molecular complexity index is 1220. The predicted molar refractivity (Wildman–Crippen MR) is 126 cm³/mol. The largest absolute Gasteiger partial charge is 0.276 e. The topological polar surface area (TPSA) is 75.8 Å². The van der Waals surface area contributed by atoms with E-state index in [-0.39, 0.29) is 11.6 Å². The average Bonchev–Trinajstić information content (AvgIpc) is 3.06. The summed E-state index contributed by atoms with van der Waals surface area (Å²) in [6.45, 7) is 3.95. The van der Waals surface area contributed by atoms with Crippen LogP contribution in [0.5, 0.6) is 0 Å². The van der Waals surface area contributed by atoms with Crippen molar-refractivity contribution in [2.75, 3.05) is 4.90 Å². The maximum Gasteiger partial charge on any atom is 0.276 e. The van der Waals surface area contributed by atoms with Gasteiger partial charge < -0.3 is 0 Å². The van der Waals surface area contributed by atoms with Crippen LogP contribution in [0, 0.1) is 24.0 Å². The first-order chi connectivity index (χ1) is 15.0. The van der Waals surface area contributed by atoms with Crippen molar-refractivity contribution in [3.63, 3.8) is 0 Å². The maximum absolute atomic E-state index is 13.3. The number of thioether (sulfide) groups is 1. The van der Waals surface area contributed by atoms with E-state index in [1.54, 1.807) is 29.2 Å². The number of amidine groups is 1. The Morgan fingerprint density at radius 3 is 2.26 bits per heavy atom. The number of para-hydroxylation sites is 3. The molecule has 0 atom stereocenters.